The number of rotatable bonds is 3. The molecular formula is C22H24FN2O2+. The minimum Gasteiger partial charge on any atom is -0.324 e. The lowest BCUT2D eigenvalue weighted by molar-refractivity contribution is -0.920. The van der Waals surface area contributed by atoms with Crippen molar-refractivity contribution in [3.05, 3.63) is 65.5 Å². The van der Waals surface area contributed by atoms with Crippen molar-refractivity contribution in [2.75, 3.05) is 18.0 Å². The molecule has 2 aromatic carbocycles. The summed E-state index contributed by atoms with van der Waals surface area (Å²) in [7, 11) is 0. The number of halogens is 1. The molecule has 0 aliphatic carbocycles. The average Bonchev–Trinajstić information content (AvgIpc) is 2.98. The maximum Gasteiger partial charge on any atom is 0.292 e. The van der Waals surface area contributed by atoms with Crippen LogP contribution in [0.15, 0.2) is 48.5 Å². The van der Waals surface area contributed by atoms with Gasteiger partial charge in [0.1, 0.15) is 5.82 Å². The Balaban J connectivity index is 1.43. The van der Waals surface area contributed by atoms with E-state index in [1.165, 1.54) is 21.9 Å². The monoisotopic (exact) mass is 367 g/mol. The molecule has 0 unspecified atom stereocenters. The molecule has 2 heterocycles. The highest BCUT2D eigenvalue weighted by Crippen LogP contribution is 2.26. The number of nitrogens with zero attached hydrogens (tertiary/aromatic N) is 1. The minimum atomic E-state index is -0.284. The molecule has 2 aliphatic rings. The maximum absolute atomic E-state index is 13.1. The first-order valence-electron chi connectivity index (χ1n) is 9.56. The quantitative estimate of drug-likeness (QED) is 0.846. The highest BCUT2D eigenvalue weighted by molar-refractivity contribution is 6.21. The first-order valence-corrected chi connectivity index (χ1v) is 9.56. The normalized spacial score (nSPS) is 25.9. The number of anilines is 1. The lowest BCUT2D eigenvalue weighted by Crippen LogP contribution is -3.17. The molecule has 2 aromatic rings. The zero-order valence-corrected chi connectivity index (χ0v) is 15.5. The average molecular weight is 367 g/mol. The second-order valence-electron chi connectivity index (χ2n) is 7.64. The van der Waals surface area contributed by atoms with Gasteiger partial charge < -0.3 is 4.90 Å². The molecule has 1 N–H and O–H groups in total. The van der Waals surface area contributed by atoms with Gasteiger partial charge in [-0.15, -0.1) is 0 Å². The third-order valence-corrected chi connectivity index (χ3v) is 5.90. The van der Waals surface area contributed by atoms with Crippen molar-refractivity contribution < 1.29 is 18.9 Å². The Hall–Kier alpha value is -2.53. The number of hydrogen-bond donors (Lipinski definition) is 1. The molecule has 0 bridgehead atoms. The van der Waals surface area contributed by atoms with E-state index in [1.807, 2.05) is 43.3 Å². The van der Waals surface area contributed by atoms with Crippen LogP contribution in [0, 0.1) is 12.7 Å². The SMILES string of the molecule is Cc1ccc(N2C(=O)C[C@H]([NH+]3CCC(c4ccc(F)cc4)CC3)C2=O)cc1. The van der Waals surface area contributed by atoms with Crippen molar-refractivity contribution >= 4 is 17.5 Å². The van der Waals surface area contributed by atoms with Crippen LogP contribution in [0.4, 0.5) is 10.1 Å². The van der Waals surface area contributed by atoms with Gasteiger partial charge in [-0.05, 0) is 42.7 Å². The van der Waals surface area contributed by atoms with E-state index in [2.05, 4.69) is 0 Å². The van der Waals surface area contributed by atoms with E-state index in [9.17, 15) is 14.0 Å². The van der Waals surface area contributed by atoms with Crippen molar-refractivity contribution in [1.82, 2.24) is 0 Å². The molecule has 0 aromatic heterocycles. The van der Waals surface area contributed by atoms with Crippen LogP contribution in [0.2, 0.25) is 0 Å². The molecule has 5 heteroatoms. The highest BCUT2D eigenvalue weighted by Gasteiger charge is 2.46. The fourth-order valence-corrected chi connectivity index (χ4v) is 4.32. The van der Waals surface area contributed by atoms with Crippen LogP contribution in [-0.2, 0) is 9.59 Å². The van der Waals surface area contributed by atoms with Crippen LogP contribution < -0.4 is 9.80 Å². The number of quaternary nitrogens is 1. The number of imide groups is 1. The number of nitrogens with one attached hydrogen (secondary N) is 1. The van der Waals surface area contributed by atoms with Gasteiger partial charge in [0.05, 0.1) is 25.2 Å². The Morgan fingerprint density at radius 1 is 0.963 bits per heavy atom. The molecular weight excluding hydrogens is 343 g/mol. The Bertz CT molecular complexity index is 840. The molecule has 2 fully saturated rings. The van der Waals surface area contributed by atoms with Crippen LogP contribution in [-0.4, -0.2) is 30.9 Å². The standard InChI is InChI=1S/C22H23FN2O2/c1-15-2-8-19(9-3-15)25-21(26)14-20(22(25)27)24-12-10-17(11-13-24)16-4-6-18(23)7-5-16/h2-9,17,20H,10-14H2,1H3/p+1/t20-/m0/s1. The van der Waals surface area contributed by atoms with Gasteiger partial charge in [-0.25, -0.2) is 9.29 Å². The van der Waals surface area contributed by atoms with E-state index in [0.717, 1.165) is 37.1 Å². The number of likely N-dealkylation sites (tertiary alicyclic amines) is 1. The predicted octanol–water partition coefficient (Wildman–Crippen LogP) is 2.23. The number of benzene rings is 2. The Morgan fingerprint density at radius 2 is 1.59 bits per heavy atom. The third-order valence-electron chi connectivity index (χ3n) is 5.90. The summed E-state index contributed by atoms with van der Waals surface area (Å²) in [5.41, 5.74) is 2.92. The van der Waals surface area contributed by atoms with Crippen LogP contribution in [0.3, 0.4) is 0 Å². The van der Waals surface area contributed by atoms with E-state index >= 15 is 0 Å². The van der Waals surface area contributed by atoms with Gasteiger partial charge in [0.25, 0.3) is 5.91 Å². The molecule has 0 spiro atoms. The number of piperidine rings is 1. The summed E-state index contributed by atoms with van der Waals surface area (Å²) in [5, 5.41) is 0. The third kappa shape index (κ3) is 3.52. The maximum atomic E-state index is 13.1. The summed E-state index contributed by atoms with van der Waals surface area (Å²) >= 11 is 0. The van der Waals surface area contributed by atoms with Crippen LogP contribution in [0.25, 0.3) is 0 Å². The van der Waals surface area contributed by atoms with Crippen molar-refractivity contribution in [2.45, 2.75) is 38.1 Å². The fourth-order valence-electron chi connectivity index (χ4n) is 4.32. The Kier molecular flexibility index (Phi) is 4.79. The van der Waals surface area contributed by atoms with Gasteiger partial charge in [0, 0.05) is 12.8 Å². The van der Waals surface area contributed by atoms with Gasteiger partial charge in [-0.1, -0.05) is 29.8 Å². The van der Waals surface area contributed by atoms with E-state index in [0.29, 0.717) is 11.6 Å². The van der Waals surface area contributed by atoms with Crippen molar-refractivity contribution in [2.24, 2.45) is 0 Å². The van der Waals surface area contributed by atoms with E-state index in [1.54, 1.807) is 0 Å². The predicted molar refractivity (Wildman–Crippen MR) is 101 cm³/mol. The largest absolute Gasteiger partial charge is 0.324 e. The summed E-state index contributed by atoms with van der Waals surface area (Å²) in [6.45, 7) is 3.69. The molecule has 27 heavy (non-hydrogen) atoms. The number of amides is 2. The van der Waals surface area contributed by atoms with Crippen LogP contribution in [0.5, 0.6) is 0 Å². The van der Waals surface area contributed by atoms with Gasteiger partial charge in [0.15, 0.2) is 6.04 Å². The lowest BCUT2D eigenvalue weighted by atomic mass is 9.89. The zero-order chi connectivity index (χ0) is 19.0. The molecule has 0 saturated carbocycles. The van der Waals surface area contributed by atoms with Crippen molar-refractivity contribution in [3.63, 3.8) is 0 Å². The second-order valence-corrected chi connectivity index (χ2v) is 7.64. The molecule has 4 nitrogen and oxygen atoms in total. The highest BCUT2D eigenvalue weighted by atomic mass is 19.1. The molecule has 4 rings (SSSR count). The molecule has 2 aliphatic heterocycles. The molecule has 1 atom stereocenters. The Labute approximate surface area is 158 Å². The number of carbonyl (C=O) groups excluding carboxylic acids is 2. The van der Waals surface area contributed by atoms with Gasteiger partial charge in [0.2, 0.25) is 5.91 Å². The summed E-state index contributed by atoms with van der Waals surface area (Å²) in [5.74, 6) is -0.0103. The Morgan fingerprint density at radius 3 is 2.22 bits per heavy atom. The van der Waals surface area contributed by atoms with Gasteiger partial charge in [-0.3, -0.25) is 9.59 Å². The summed E-state index contributed by atoms with van der Waals surface area (Å²) in [6.07, 6.45) is 2.18. The van der Waals surface area contributed by atoms with E-state index < -0.39 is 0 Å². The molecule has 2 amide bonds. The van der Waals surface area contributed by atoms with Gasteiger partial charge in [-0.2, -0.15) is 0 Å². The number of hydrogen-bond acceptors (Lipinski definition) is 2. The van der Waals surface area contributed by atoms with E-state index in [4.69, 9.17) is 0 Å². The summed E-state index contributed by atoms with van der Waals surface area (Å²) in [6, 6.07) is 14.0. The lowest BCUT2D eigenvalue weighted by Gasteiger charge is -2.32. The molecule has 0 radical (unpaired) electrons. The number of carbonyl (C=O) groups is 2. The molecule has 140 valence electrons. The van der Waals surface area contributed by atoms with Crippen LogP contribution >= 0.6 is 0 Å². The van der Waals surface area contributed by atoms with Gasteiger partial charge >= 0.3 is 0 Å². The minimum absolute atomic E-state index is 0.0842. The molecule has 2 saturated heterocycles. The topological polar surface area (TPSA) is 41.8 Å². The van der Waals surface area contributed by atoms with Crippen molar-refractivity contribution in [1.29, 1.82) is 0 Å². The number of aryl methyl sites for hydroxylation is 1. The second kappa shape index (κ2) is 7.24. The van der Waals surface area contributed by atoms with Crippen molar-refractivity contribution in [3.8, 4) is 0 Å². The van der Waals surface area contributed by atoms with Crippen LogP contribution in [0.1, 0.15) is 36.3 Å². The van der Waals surface area contributed by atoms with E-state index in [-0.39, 0.29) is 30.1 Å². The first kappa shape index (κ1) is 17.9. The zero-order valence-electron chi connectivity index (χ0n) is 15.5. The fraction of sp³-hybridized carbons (Fsp3) is 0.364. The summed E-state index contributed by atoms with van der Waals surface area (Å²) < 4.78 is 13.1. The smallest absolute Gasteiger partial charge is 0.292 e. The summed E-state index contributed by atoms with van der Waals surface area (Å²) in [4.78, 5) is 28.0. The first-order chi connectivity index (χ1) is 13.0.